The van der Waals surface area contributed by atoms with Crippen molar-refractivity contribution in [3.05, 3.63) is 24.3 Å². The Kier molecular flexibility index (Phi) is 7.47. The summed E-state index contributed by atoms with van der Waals surface area (Å²) in [6, 6.07) is 7.68. The third kappa shape index (κ3) is 5.84. The van der Waals surface area contributed by atoms with Crippen LogP contribution in [0, 0.1) is 5.92 Å². The fourth-order valence-corrected chi connectivity index (χ4v) is 2.25. The lowest BCUT2D eigenvalue weighted by Crippen LogP contribution is -2.39. The Morgan fingerprint density at radius 2 is 2.00 bits per heavy atom. The molecule has 0 fully saturated rings. The Hall–Kier alpha value is -1.20. The standard InChI is InChI=1S/C15H23NO3S/c1-4-19-13-5-7-14(8-6-13)20-10-15(18)16-12(3)11(2)9-17/h5-8,11-12,17H,4,9-10H2,1-3H3,(H,16,18). The second kappa shape index (κ2) is 8.87. The number of carbonyl (C=O) groups is 1. The predicted octanol–water partition coefficient (Wildman–Crippen LogP) is 2.31. The van der Waals surface area contributed by atoms with Gasteiger partial charge in [-0.3, -0.25) is 4.79 Å². The lowest BCUT2D eigenvalue weighted by molar-refractivity contribution is -0.119. The largest absolute Gasteiger partial charge is 0.494 e. The molecule has 0 saturated carbocycles. The highest BCUT2D eigenvalue weighted by Crippen LogP contribution is 2.21. The number of aliphatic hydroxyl groups is 1. The first-order valence-electron chi connectivity index (χ1n) is 6.82. The lowest BCUT2D eigenvalue weighted by Gasteiger charge is -2.19. The molecule has 0 aliphatic heterocycles. The van der Waals surface area contributed by atoms with Crippen LogP contribution in [0.5, 0.6) is 5.75 Å². The summed E-state index contributed by atoms with van der Waals surface area (Å²) in [5.74, 6) is 1.26. The smallest absolute Gasteiger partial charge is 0.230 e. The molecule has 1 amide bonds. The first-order valence-corrected chi connectivity index (χ1v) is 7.81. The van der Waals surface area contributed by atoms with E-state index in [4.69, 9.17) is 9.84 Å². The third-order valence-electron chi connectivity index (χ3n) is 3.03. The normalized spacial score (nSPS) is 13.6. The Morgan fingerprint density at radius 3 is 2.55 bits per heavy atom. The first kappa shape index (κ1) is 16.9. The lowest BCUT2D eigenvalue weighted by atomic mass is 10.1. The van der Waals surface area contributed by atoms with Gasteiger partial charge >= 0.3 is 0 Å². The minimum absolute atomic E-state index is 0.0170. The van der Waals surface area contributed by atoms with Crippen LogP contribution in [0.15, 0.2) is 29.2 Å². The molecule has 0 aromatic heterocycles. The molecule has 5 heteroatoms. The number of amides is 1. The zero-order valence-corrected chi connectivity index (χ0v) is 13.1. The molecule has 1 rings (SSSR count). The zero-order chi connectivity index (χ0) is 15.0. The van der Waals surface area contributed by atoms with Crippen molar-refractivity contribution in [3.63, 3.8) is 0 Å². The highest BCUT2D eigenvalue weighted by atomic mass is 32.2. The molecule has 0 bridgehead atoms. The summed E-state index contributed by atoms with van der Waals surface area (Å²) in [6.45, 7) is 6.48. The summed E-state index contributed by atoms with van der Waals surface area (Å²) in [5.41, 5.74) is 0. The molecule has 1 aromatic rings. The summed E-state index contributed by atoms with van der Waals surface area (Å²) < 4.78 is 5.37. The van der Waals surface area contributed by atoms with Gasteiger partial charge in [0.2, 0.25) is 5.91 Å². The third-order valence-corrected chi connectivity index (χ3v) is 4.05. The number of ether oxygens (including phenoxy) is 1. The van der Waals surface area contributed by atoms with Gasteiger partial charge in [0, 0.05) is 17.5 Å². The van der Waals surface area contributed by atoms with Crippen LogP contribution in [0.25, 0.3) is 0 Å². The minimum atomic E-state index is -0.0200. The fourth-order valence-electron chi connectivity index (χ4n) is 1.54. The average molecular weight is 297 g/mol. The maximum absolute atomic E-state index is 11.8. The maximum Gasteiger partial charge on any atom is 0.230 e. The van der Waals surface area contributed by atoms with Crippen molar-refractivity contribution < 1.29 is 14.6 Å². The van der Waals surface area contributed by atoms with Crippen LogP contribution in [0.4, 0.5) is 0 Å². The van der Waals surface area contributed by atoms with Crippen LogP contribution in [-0.4, -0.2) is 36.0 Å². The molecule has 0 aliphatic rings. The zero-order valence-electron chi connectivity index (χ0n) is 12.3. The molecular weight excluding hydrogens is 274 g/mol. The molecule has 2 N–H and O–H groups in total. The quantitative estimate of drug-likeness (QED) is 0.723. The number of benzene rings is 1. The van der Waals surface area contributed by atoms with Gasteiger partial charge in [0.1, 0.15) is 5.75 Å². The van der Waals surface area contributed by atoms with E-state index in [1.165, 1.54) is 11.8 Å². The maximum atomic E-state index is 11.8. The number of hydrogen-bond donors (Lipinski definition) is 2. The van der Waals surface area contributed by atoms with E-state index in [9.17, 15) is 4.79 Å². The molecule has 0 saturated heterocycles. The first-order chi connectivity index (χ1) is 9.56. The van der Waals surface area contributed by atoms with E-state index in [0.29, 0.717) is 12.4 Å². The molecule has 112 valence electrons. The molecule has 0 aliphatic carbocycles. The monoisotopic (exact) mass is 297 g/mol. The van der Waals surface area contributed by atoms with Crippen molar-refractivity contribution in [1.29, 1.82) is 0 Å². The van der Waals surface area contributed by atoms with E-state index in [1.54, 1.807) is 0 Å². The Labute approximate surface area is 124 Å². The van der Waals surface area contributed by atoms with Gasteiger partial charge in [0.25, 0.3) is 0 Å². The molecule has 0 radical (unpaired) electrons. The van der Waals surface area contributed by atoms with Crippen LogP contribution in [-0.2, 0) is 4.79 Å². The second-order valence-electron chi connectivity index (χ2n) is 4.71. The Bertz CT molecular complexity index is 408. The fraction of sp³-hybridized carbons (Fsp3) is 0.533. The van der Waals surface area contributed by atoms with E-state index in [1.807, 2.05) is 45.0 Å². The van der Waals surface area contributed by atoms with Crippen molar-refractivity contribution in [2.24, 2.45) is 5.92 Å². The SMILES string of the molecule is CCOc1ccc(SCC(=O)NC(C)C(C)CO)cc1. The van der Waals surface area contributed by atoms with Crippen LogP contribution in [0.3, 0.4) is 0 Å². The van der Waals surface area contributed by atoms with Crippen LogP contribution in [0.2, 0.25) is 0 Å². The molecular formula is C15H23NO3S. The van der Waals surface area contributed by atoms with Crippen LogP contribution < -0.4 is 10.1 Å². The average Bonchev–Trinajstić information content (AvgIpc) is 2.46. The number of nitrogens with one attached hydrogen (secondary N) is 1. The van der Waals surface area contributed by atoms with Gasteiger partial charge < -0.3 is 15.2 Å². The topological polar surface area (TPSA) is 58.6 Å². The molecule has 4 nitrogen and oxygen atoms in total. The summed E-state index contributed by atoms with van der Waals surface area (Å²) >= 11 is 1.49. The summed E-state index contributed by atoms with van der Waals surface area (Å²) in [5, 5.41) is 11.9. The van der Waals surface area contributed by atoms with Crippen LogP contribution >= 0.6 is 11.8 Å². The molecule has 20 heavy (non-hydrogen) atoms. The highest BCUT2D eigenvalue weighted by molar-refractivity contribution is 8.00. The molecule has 1 aromatic carbocycles. The molecule has 0 heterocycles. The molecule has 0 spiro atoms. The van der Waals surface area contributed by atoms with Crippen LogP contribution in [0.1, 0.15) is 20.8 Å². The van der Waals surface area contributed by atoms with E-state index in [2.05, 4.69) is 5.32 Å². The van der Waals surface area contributed by atoms with E-state index >= 15 is 0 Å². The molecule has 2 unspecified atom stereocenters. The summed E-state index contributed by atoms with van der Waals surface area (Å²) in [7, 11) is 0. The number of hydrogen-bond acceptors (Lipinski definition) is 4. The van der Waals surface area contributed by atoms with Crippen molar-refractivity contribution in [2.75, 3.05) is 19.0 Å². The van der Waals surface area contributed by atoms with Gasteiger partial charge in [0.05, 0.1) is 12.4 Å². The highest BCUT2D eigenvalue weighted by Gasteiger charge is 2.13. The van der Waals surface area contributed by atoms with E-state index < -0.39 is 0 Å². The van der Waals surface area contributed by atoms with Gasteiger partial charge in [-0.2, -0.15) is 0 Å². The van der Waals surface area contributed by atoms with E-state index in [-0.39, 0.29) is 24.5 Å². The van der Waals surface area contributed by atoms with Gasteiger partial charge in [-0.05, 0) is 44.0 Å². The van der Waals surface area contributed by atoms with Gasteiger partial charge in [0.15, 0.2) is 0 Å². The Balaban J connectivity index is 2.37. The van der Waals surface area contributed by atoms with Gasteiger partial charge in [-0.25, -0.2) is 0 Å². The minimum Gasteiger partial charge on any atom is -0.494 e. The molecule has 2 atom stereocenters. The van der Waals surface area contributed by atoms with Crippen molar-refractivity contribution in [1.82, 2.24) is 5.32 Å². The van der Waals surface area contributed by atoms with E-state index in [0.717, 1.165) is 10.6 Å². The summed E-state index contributed by atoms with van der Waals surface area (Å²) in [6.07, 6.45) is 0. The van der Waals surface area contributed by atoms with Gasteiger partial charge in [-0.15, -0.1) is 11.8 Å². The van der Waals surface area contributed by atoms with Gasteiger partial charge in [-0.1, -0.05) is 6.92 Å². The number of aliphatic hydroxyl groups excluding tert-OH is 1. The number of thioether (sulfide) groups is 1. The second-order valence-corrected chi connectivity index (χ2v) is 5.76. The van der Waals surface area contributed by atoms with Crippen molar-refractivity contribution in [2.45, 2.75) is 31.7 Å². The van der Waals surface area contributed by atoms with Crippen molar-refractivity contribution in [3.8, 4) is 5.75 Å². The summed E-state index contributed by atoms with van der Waals surface area (Å²) in [4.78, 5) is 12.8. The Morgan fingerprint density at radius 1 is 1.35 bits per heavy atom. The van der Waals surface area contributed by atoms with Crippen molar-refractivity contribution >= 4 is 17.7 Å². The predicted molar refractivity (Wildman–Crippen MR) is 82.2 cm³/mol. The number of carbonyl (C=O) groups excluding carboxylic acids is 1. The number of rotatable bonds is 8.